The summed E-state index contributed by atoms with van der Waals surface area (Å²) in [5, 5.41) is 14.1. The molecule has 0 aliphatic carbocycles. The summed E-state index contributed by atoms with van der Waals surface area (Å²) in [5.41, 5.74) is 1.32. The van der Waals surface area contributed by atoms with Crippen molar-refractivity contribution in [3.63, 3.8) is 0 Å². The van der Waals surface area contributed by atoms with Gasteiger partial charge < -0.3 is 45.1 Å². The Balaban J connectivity index is 1.49. The summed E-state index contributed by atoms with van der Waals surface area (Å²) in [4.78, 5) is 89.6. The van der Waals surface area contributed by atoms with Gasteiger partial charge in [0.2, 0.25) is 11.8 Å². The van der Waals surface area contributed by atoms with Crippen LogP contribution in [-0.4, -0.2) is 120 Å². The van der Waals surface area contributed by atoms with E-state index in [0.717, 1.165) is 56.2 Å². The third-order valence-electron chi connectivity index (χ3n) is 13.5. The van der Waals surface area contributed by atoms with Crippen molar-refractivity contribution in [3.8, 4) is 5.75 Å². The van der Waals surface area contributed by atoms with E-state index in [9.17, 15) is 28.8 Å². The molecule has 0 bridgehead atoms. The zero-order valence-electron chi connectivity index (χ0n) is 47.2. The third-order valence-corrected chi connectivity index (χ3v) is 14.5. The van der Waals surface area contributed by atoms with Gasteiger partial charge in [0.05, 0.1) is 12.0 Å². The standard InChI is InChI=1S/C58H89N7O10S/c1-12-31-65(54(68)50(40(6)14-3)63-52(67)47-24-18-21-32-64(47)11)48(39(4)5)36-49(72-33-13-2)53-62-46(38-76-53)51(66)61-44(34-41(7)55(69)73-37-43-22-16-15-17-23-43)35-42-25-27-45(28-26-42)74-56(70)59-29-19-20-30-60-57(71)75-58(8,9)10/h15-17,22-23,25-28,38-41,44,47-50H,12-14,18-21,24,29-37H2,1-11H3,(H,59,70)(H,60,71)(H,61,66)(H,63,67). The molecule has 1 aliphatic rings. The molecule has 2 aromatic carbocycles. The van der Waals surface area contributed by atoms with Gasteiger partial charge in [0.25, 0.3) is 5.91 Å². The van der Waals surface area contributed by atoms with Crippen molar-refractivity contribution < 1.29 is 47.7 Å². The molecule has 2 heterocycles. The van der Waals surface area contributed by atoms with Crippen LogP contribution < -0.4 is 26.0 Å². The summed E-state index contributed by atoms with van der Waals surface area (Å²) in [6.07, 6.45) is 5.66. The number of alkyl carbamates (subject to hydrolysis) is 1. The van der Waals surface area contributed by atoms with E-state index < -0.39 is 53.8 Å². The summed E-state index contributed by atoms with van der Waals surface area (Å²) >= 11 is 1.33. The predicted octanol–water partition coefficient (Wildman–Crippen LogP) is 9.78. The summed E-state index contributed by atoms with van der Waals surface area (Å²) in [6.45, 7) is 22.2. The van der Waals surface area contributed by atoms with Gasteiger partial charge in [-0.25, -0.2) is 14.6 Å². The van der Waals surface area contributed by atoms with E-state index in [2.05, 4.69) is 46.9 Å². The minimum atomic E-state index is -0.686. The van der Waals surface area contributed by atoms with Crippen molar-refractivity contribution in [1.29, 1.82) is 0 Å². The number of hydrogen-bond donors (Lipinski definition) is 4. The number of amides is 5. The van der Waals surface area contributed by atoms with Crippen LogP contribution in [0.1, 0.15) is 166 Å². The van der Waals surface area contributed by atoms with Crippen LogP contribution >= 0.6 is 11.3 Å². The number of piperidine rings is 1. The number of carbonyl (C=O) groups is 6. The van der Waals surface area contributed by atoms with Crippen molar-refractivity contribution in [1.82, 2.24) is 36.1 Å². The van der Waals surface area contributed by atoms with E-state index in [1.54, 1.807) is 45.2 Å². The van der Waals surface area contributed by atoms with Crippen LogP contribution in [0.2, 0.25) is 0 Å². The van der Waals surface area contributed by atoms with Crippen LogP contribution in [0.4, 0.5) is 9.59 Å². The molecule has 4 rings (SSSR count). The second-order valence-corrected chi connectivity index (χ2v) is 22.5. The maximum absolute atomic E-state index is 14.8. The molecule has 1 saturated heterocycles. The fourth-order valence-electron chi connectivity index (χ4n) is 9.13. The number of carbonyl (C=O) groups excluding carboxylic acids is 6. The van der Waals surface area contributed by atoms with E-state index in [0.29, 0.717) is 62.7 Å². The monoisotopic (exact) mass is 1080 g/mol. The molecule has 0 spiro atoms. The van der Waals surface area contributed by atoms with Crippen LogP contribution in [0, 0.1) is 17.8 Å². The smallest absolute Gasteiger partial charge is 0.412 e. The molecule has 7 atom stereocenters. The number of likely N-dealkylation sites (N-methyl/N-ethyl adjacent to an activating group) is 1. The van der Waals surface area contributed by atoms with Crippen LogP contribution in [-0.2, 0) is 41.6 Å². The van der Waals surface area contributed by atoms with Gasteiger partial charge in [-0.3, -0.25) is 24.1 Å². The molecular formula is C58H89N7O10S. The van der Waals surface area contributed by atoms with E-state index in [-0.39, 0.29) is 54.5 Å². The maximum atomic E-state index is 14.8. The minimum absolute atomic E-state index is 0.0289. The Morgan fingerprint density at radius 3 is 2.14 bits per heavy atom. The second kappa shape index (κ2) is 32.2. The number of likely N-dealkylation sites (tertiary alicyclic amines) is 1. The second-order valence-electron chi connectivity index (χ2n) is 21.6. The van der Waals surface area contributed by atoms with Gasteiger partial charge in [0, 0.05) is 50.1 Å². The van der Waals surface area contributed by atoms with Gasteiger partial charge in [-0.2, -0.15) is 0 Å². The quantitative estimate of drug-likeness (QED) is 0.0364. The number of nitrogens with zero attached hydrogens (tertiary/aromatic N) is 3. The van der Waals surface area contributed by atoms with Gasteiger partial charge in [-0.15, -0.1) is 11.3 Å². The summed E-state index contributed by atoms with van der Waals surface area (Å²) in [5.74, 6) is -1.31. The van der Waals surface area contributed by atoms with Gasteiger partial charge in [-0.05, 0) is 121 Å². The molecule has 3 aromatic rings. The van der Waals surface area contributed by atoms with Gasteiger partial charge in [0.15, 0.2) is 0 Å². The first kappa shape index (κ1) is 62.9. The van der Waals surface area contributed by atoms with Crippen molar-refractivity contribution in [3.05, 3.63) is 81.8 Å². The molecular weight excluding hydrogens is 987 g/mol. The Hall–Kier alpha value is -5.59. The molecule has 18 heteroatoms. The zero-order chi connectivity index (χ0) is 55.8. The summed E-state index contributed by atoms with van der Waals surface area (Å²) in [7, 11) is 1.97. The highest BCUT2D eigenvalue weighted by molar-refractivity contribution is 7.09. The molecule has 0 saturated carbocycles. The van der Waals surface area contributed by atoms with Gasteiger partial charge in [-0.1, -0.05) is 104 Å². The Morgan fingerprint density at radius 1 is 0.842 bits per heavy atom. The van der Waals surface area contributed by atoms with Crippen LogP contribution in [0.5, 0.6) is 5.75 Å². The zero-order valence-corrected chi connectivity index (χ0v) is 48.1. The van der Waals surface area contributed by atoms with Crippen LogP contribution in [0.25, 0.3) is 0 Å². The number of ether oxygens (including phenoxy) is 4. The number of hydrogen-bond acceptors (Lipinski definition) is 13. The summed E-state index contributed by atoms with van der Waals surface area (Å²) < 4.78 is 23.0. The first-order valence-electron chi connectivity index (χ1n) is 27.6. The van der Waals surface area contributed by atoms with E-state index in [1.165, 1.54) is 11.3 Å². The van der Waals surface area contributed by atoms with Crippen LogP contribution in [0.3, 0.4) is 0 Å². The Kier molecular flexibility index (Phi) is 26.7. The lowest BCUT2D eigenvalue weighted by atomic mass is 9.92. The molecule has 5 amide bonds. The highest BCUT2D eigenvalue weighted by Gasteiger charge is 2.38. The topological polar surface area (TPSA) is 207 Å². The Labute approximate surface area is 456 Å². The highest BCUT2D eigenvalue weighted by Crippen LogP contribution is 2.32. The molecule has 76 heavy (non-hydrogen) atoms. The number of esters is 1. The molecule has 1 aromatic heterocycles. The van der Waals surface area contributed by atoms with E-state index in [4.69, 9.17) is 23.9 Å². The Bertz CT molecular complexity index is 2250. The largest absolute Gasteiger partial charge is 0.461 e. The molecule has 7 unspecified atom stereocenters. The van der Waals surface area contributed by atoms with Crippen molar-refractivity contribution in [2.75, 3.05) is 39.8 Å². The van der Waals surface area contributed by atoms with Crippen molar-refractivity contribution in [2.45, 2.75) is 182 Å². The third kappa shape index (κ3) is 21.4. The lowest BCUT2D eigenvalue weighted by Gasteiger charge is -2.40. The van der Waals surface area contributed by atoms with E-state index in [1.807, 2.05) is 75.2 Å². The lowest BCUT2D eigenvalue weighted by Crippen LogP contribution is -2.58. The molecule has 4 N–H and O–H groups in total. The van der Waals surface area contributed by atoms with Crippen molar-refractivity contribution in [2.24, 2.45) is 17.8 Å². The van der Waals surface area contributed by atoms with Gasteiger partial charge in [0.1, 0.15) is 40.8 Å². The first-order valence-corrected chi connectivity index (χ1v) is 28.5. The van der Waals surface area contributed by atoms with E-state index >= 15 is 0 Å². The number of thiazole rings is 1. The molecule has 1 fully saturated rings. The number of benzene rings is 2. The Morgan fingerprint density at radius 2 is 1.53 bits per heavy atom. The average Bonchev–Trinajstić information content (AvgIpc) is 3.88. The number of aromatic nitrogens is 1. The molecule has 422 valence electrons. The van der Waals surface area contributed by atoms with Crippen molar-refractivity contribution >= 4 is 47.2 Å². The molecule has 1 aliphatic heterocycles. The maximum Gasteiger partial charge on any atom is 0.412 e. The number of nitrogens with one attached hydrogen (secondary N) is 4. The SMILES string of the molecule is CCCOC(CC(C(C)C)N(CCC)C(=O)C(NC(=O)C1CCCCN1C)C(C)CC)c1nc(C(=O)NC(Cc2ccc(OC(=O)NCCCCNC(=O)OC(C)(C)C)cc2)CC(C)C(=O)OCc2ccccc2)cs1. The fourth-order valence-corrected chi connectivity index (χ4v) is 9.99. The fraction of sp³-hybridized carbons (Fsp3) is 0.638. The normalized spacial score (nSPS) is 16.3. The average molecular weight is 1080 g/mol. The molecule has 0 radical (unpaired) electrons. The predicted molar refractivity (Wildman–Crippen MR) is 297 cm³/mol. The summed E-state index contributed by atoms with van der Waals surface area (Å²) in [6, 6.07) is 14.7. The van der Waals surface area contributed by atoms with Gasteiger partial charge >= 0.3 is 18.2 Å². The number of rotatable bonds is 30. The first-order chi connectivity index (χ1) is 36.2. The highest BCUT2D eigenvalue weighted by atomic mass is 32.1. The molecule has 17 nitrogen and oxygen atoms in total. The number of unbranched alkanes of at least 4 members (excludes halogenated alkanes) is 1. The van der Waals surface area contributed by atoms with Crippen LogP contribution in [0.15, 0.2) is 60.0 Å². The minimum Gasteiger partial charge on any atom is -0.461 e. The lowest BCUT2D eigenvalue weighted by molar-refractivity contribution is -0.149.